The van der Waals surface area contributed by atoms with Gasteiger partial charge in [0.25, 0.3) is 5.91 Å². The third kappa shape index (κ3) is 9.49. The van der Waals surface area contributed by atoms with Gasteiger partial charge in [-0.25, -0.2) is 4.79 Å². The number of phenolic OH excluding ortho intramolecular Hbond substituents is 1. The SMILES string of the molecule is C#CN(C(=O)C(CCC(N)=O)NC(=O)OC(C)(C)C)C(C(=O)NCCCCC)c1cccc(C)c1O. The van der Waals surface area contributed by atoms with Gasteiger partial charge in [0.2, 0.25) is 11.8 Å². The number of hydrogen-bond donors (Lipinski definition) is 4. The number of unbranched alkanes of at least 4 members (excludes halogenated alkanes) is 2. The molecular formula is C26H38N4O6. The lowest BCUT2D eigenvalue weighted by Gasteiger charge is -2.30. The quantitative estimate of drug-likeness (QED) is 0.196. The number of primary amides is 1. The molecule has 0 fully saturated rings. The van der Waals surface area contributed by atoms with Crippen LogP contribution in [0.2, 0.25) is 0 Å². The molecule has 36 heavy (non-hydrogen) atoms. The van der Waals surface area contributed by atoms with Crippen LogP contribution >= 0.6 is 0 Å². The maximum Gasteiger partial charge on any atom is 0.408 e. The first-order valence-electron chi connectivity index (χ1n) is 12.0. The Morgan fingerprint density at radius 3 is 2.44 bits per heavy atom. The van der Waals surface area contributed by atoms with Gasteiger partial charge >= 0.3 is 6.09 Å². The normalized spacial score (nSPS) is 12.6. The number of alkyl carbamates (subject to hydrolysis) is 1. The van der Waals surface area contributed by atoms with Crippen molar-refractivity contribution < 1.29 is 29.0 Å². The number of aromatic hydroxyl groups is 1. The number of phenols is 1. The Balaban J connectivity index is 3.40. The summed E-state index contributed by atoms with van der Waals surface area (Å²) in [5, 5.41) is 15.9. The number of nitrogens with zero attached hydrogens (tertiary/aromatic N) is 1. The molecule has 5 N–H and O–H groups in total. The Morgan fingerprint density at radius 2 is 1.89 bits per heavy atom. The zero-order valence-corrected chi connectivity index (χ0v) is 21.7. The Labute approximate surface area is 212 Å². The molecule has 0 heterocycles. The van der Waals surface area contributed by atoms with Crippen LogP contribution in [0.3, 0.4) is 0 Å². The third-order valence-electron chi connectivity index (χ3n) is 5.19. The second kappa shape index (κ2) is 14.0. The van der Waals surface area contributed by atoms with E-state index in [-0.39, 0.29) is 24.2 Å². The number of ether oxygens (including phenoxy) is 1. The van der Waals surface area contributed by atoms with Crippen LogP contribution in [0.25, 0.3) is 0 Å². The van der Waals surface area contributed by atoms with Crippen LogP contribution in [0.5, 0.6) is 5.75 Å². The minimum absolute atomic E-state index is 0.125. The molecule has 1 aromatic carbocycles. The van der Waals surface area contributed by atoms with E-state index < -0.39 is 41.5 Å². The summed E-state index contributed by atoms with van der Waals surface area (Å²) in [5.74, 6) is -2.30. The fourth-order valence-electron chi connectivity index (χ4n) is 3.41. The van der Waals surface area contributed by atoms with Crippen molar-refractivity contribution >= 4 is 23.8 Å². The fourth-order valence-corrected chi connectivity index (χ4v) is 3.41. The number of benzene rings is 1. The zero-order chi connectivity index (χ0) is 27.5. The maximum absolute atomic E-state index is 13.6. The number of terminal acetylenes is 1. The number of nitrogens with one attached hydrogen (secondary N) is 2. The number of carbonyl (C=O) groups excluding carboxylic acids is 4. The summed E-state index contributed by atoms with van der Waals surface area (Å²) in [4.78, 5) is 51.5. The first-order valence-corrected chi connectivity index (χ1v) is 12.0. The standard InChI is InChI=1S/C26H38N4O6/c1-7-9-10-16-28-23(33)21(18-13-11-12-17(3)22(18)32)30(8-2)24(34)19(14-15-20(27)31)29-25(35)36-26(4,5)6/h2,11-13,19,21,32H,7,9-10,14-16H2,1,3-6H3,(H2,27,31)(H,28,33)(H,29,35). The van der Waals surface area contributed by atoms with Crippen molar-refractivity contribution in [2.75, 3.05) is 6.54 Å². The minimum atomic E-state index is -1.39. The Morgan fingerprint density at radius 1 is 1.22 bits per heavy atom. The lowest BCUT2D eigenvalue weighted by atomic mass is 9.99. The van der Waals surface area contributed by atoms with Gasteiger partial charge in [0.1, 0.15) is 17.4 Å². The van der Waals surface area contributed by atoms with Gasteiger partial charge in [-0.2, -0.15) is 0 Å². The van der Waals surface area contributed by atoms with Gasteiger partial charge in [-0.05, 0) is 46.1 Å². The number of aryl methyl sites for hydroxylation is 1. The third-order valence-corrected chi connectivity index (χ3v) is 5.19. The number of carbonyl (C=O) groups is 4. The van der Waals surface area contributed by atoms with Crippen molar-refractivity contribution in [3.05, 3.63) is 29.3 Å². The zero-order valence-electron chi connectivity index (χ0n) is 21.7. The second-order valence-electron chi connectivity index (χ2n) is 9.45. The molecule has 0 saturated carbocycles. The molecule has 0 aromatic heterocycles. The van der Waals surface area contributed by atoms with Crippen molar-refractivity contribution in [2.24, 2.45) is 5.73 Å². The van der Waals surface area contributed by atoms with Crippen LogP contribution in [0.1, 0.15) is 77.0 Å². The van der Waals surface area contributed by atoms with E-state index in [4.69, 9.17) is 16.9 Å². The highest BCUT2D eigenvalue weighted by Crippen LogP contribution is 2.32. The van der Waals surface area contributed by atoms with Gasteiger partial charge in [0, 0.05) is 24.6 Å². The first-order chi connectivity index (χ1) is 16.8. The van der Waals surface area contributed by atoms with Crippen molar-refractivity contribution in [3.63, 3.8) is 0 Å². The van der Waals surface area contributed by atoms with Crippen LogP contribution in [0.15, 0.2) is 18.2 Å². The Hall–Kier alpha value is -3.74. The van der Waals surface area contributed by atoms with Gasteiger partial charge in [-0.15, -0.1) is 0 Å². The second-order valence-corrected chi connectivity index (χ2v) is 9.45. The summed E-state index contributed by atoms with van der Waals surface area (Å²) in [6.45, 7) is 8.98. The van der Waals surface area contributed by atoms with E-state index in [1.165, 1.54) is 6.07 Å². The molecular weight excluding hydrogens is 464 g/mol. The van der Waals surface area contributed by atoms with E-state index in [1.807, 2.05) is 6.92 Å². The van der Waals surface area contributed by atoms with Gasteiger partial charge in [-0.3, -0.25) is 19.3 Å². The summed E-state index contributed by atoms with van der Waals surface area (Å²) in [6.07, 6.45) is 6.97. The number of amides is 4. The lowest BCUT2D eigenvalue weighted by molar-refractivity contribution is -0.138. The Bertz CT molecular complexity index is 980. The molecule has 1 rings (SSSR count). The predicted octanol–water partition coefficient (Wildman–Crippen LogP) is 2.63. The molecule has 1 aromatic rings. The van der Waals surface area contributed by atoms with Gasteiger partial charge in [0.15, 0.2) is 6.04 Å². The molecule has 0 saturated heterocycles. The van der Waals surface area contributed by atoms with Crippen LogP contribution < -0.4 is 16.4 Å². The van der Waals surface area contributed by atoms with Crippen LogP contribution in [0, 0.1) is 19.4 Å². The van der Waals surface area contributed by atoms with Crippen LogP contribution in [-0.4, -0.2) is 52.0 Å². The van der Waals surface area contributed by atoms with E-state index >= 15 is 0 Å². The van der Waals surface area contributed by atoms with Crippen molar-refractivity contribution in [1.82, 2.24) is 15.5 Å². The molecule has 4 amide bonds. The molecule has 0 aliphatic heterocycles. The van der Waals surface area contributed by atoms with E-state index in [1.54, 1.807) is 39.8 Å². The summed E-state index contributed by atoms with van der Waals surface area (Å²) in [7, 11) is 0. The fraction of sp³-hybridized carbons (Fsp3) is 0.538. The Kier molecular flexibility index (Phi) is 11.8. The molecule has 10 nitrogen and oxygen atoms in total. The number of nitrogens with two attached hydrogens (primary N) is 1. The van der Waals surface area contributed by atoms with Crippen molar-refractivity contribution in [1.29, 1.82) is 0 Å². The smallest absolute Gasteiger partial charge is 0.408 e. The van der Waals surface area contributed by atoms with E-state index in [0.29, 0.717) is 12.1 Å². The lowest BCUT2D eigenvalue weighted by Crippen LogP contribution is -2.51. The molecule has 0 bridgehead atoms. The molecule has 2 atom stereocenters. The van der Waals surface area contributed by atoms with Gasteiger partial charge in [0.05, 0.1) is 0 Å². The molecule has 198 valence electrons. The number of para-hydroxylation sites is 1. The van der Waals surface area contributed by atoms with Crippen LogP contribution in [-0.2, 0) is 19.1 Å². The van der Waals surface area contributed by atoms with Crippen molar-refractivity contribution in [3.8, 4) is 18.2 Å². The van der Waals surface area contributed by atoms with E-state index in [9.17, 15) is 24.3 Å². The maximum atomic E-state index is 13.6. The number of hydrogen-bond acceptors (Lipinski definition) is 6. The minimum Gasteiger partial charge on any atom is -0.507 e. The first kappa shape index (κ1) is 30.3. The molecule has 0 aliphatic rings. The molecule has 10 heteroatoms. The summed E-state index contributed by atoms with van der Waals surface area (Å²) in [6, 6.07) is 4.30. The average molecular weight is 503 g/mol. The molecule has 0 spiro atoms. The number of rotatable bonds is 12. The molecule has 0 aliphatic carbocycles. The summed E-state index contributed by atoms with van der Waals surface area (Å²) >= 11 is 0. The topological polar surface area (TPSA) is 151 Å². The van der Waals surface area contributed by atoms with Crippen LogP contribution in [0.4, 0.5) is 4.79 Å². The predicted molar refractivity (Wildman–Crippen MR) is 135 cm³/mol. The van der Waals surface area contributed by atoms with E-state index in [0.717, 1.165) is 24.2 Å². The van der Waals surface area contributed by atoms with E-state index in [2.05, 4.69) is 16.7 Å². The largest absolute Gasteiger partial charge is 0.507 e. The highest BCUT2D eigenvalue weighted by molar-refractivity contribution is 5.94. The molecule has 0 radical (unpaired) electrons. The molecule has 2 unspecified atom stereocenters. The highest BCUT2D eigenvalue weighted by Gasteiger charge is 2.37. The van der Waals surface area contributed by atoms with Crippen molar-refractivity contribution in [2.45, 2.75) is 84.4 Å². The highest BCUT2D eigenvalue weighted by atomic mass is 16.6. The van der Waals surface area contributed by atoms with Gasteiger partial charge in [-0.1, -0.05) is 44.4 Å². The monoisotopic (exact) mass is 502 g/mol. The summed E-state index contributed by atoms with van der Waals surface area (Å²) < 4.78 is 5.23. The summed E-state index contributed by atoms with van der Waals surface area (Å²) in [5.41, 5.74) is 5.02. The average Bonchev–Trinajstić information content (AvgIpc) is 2.78. The van der Waals surface area contributed by atoms with Gasteiger partial charge < -0.3 is 26.2 Å².